The van der Waals surface area contributed by atoms with Crippen LogP contribution in [0.5, 0.6) is 0 Å². The van der Waals surface area contributed by atoms with Gasteiger partial charge in [0.25, 0.3) is 0 Å². The quantitative estimate of drug-likeness (QED) is 0.587. The van der Waals surface area contributed by atoms with Crippen molar-refractivity contribution in [2.45, 2.75) is 23.8 Å². The lowest BCUT2D eigenvalue weighted by molar-refractivity contribution is -0.143. The minimum Gasteiger partial charge on any atom is -0.468 e. The Balaban J connectivity index is 2.04. The summed E-state index contributed by atoms with van der Waals surface area (Å²) in [5.41, 5.74) is 1.69. The molecular weight excluding hydrogens is 362 g/mol. The molecule has 27 heavy (non-hydrogen) atoms. The molecule has 1 unspecified atom stereocenters. The van der Waals surface area contributed by atoms with E-state index in [1.165, 1.54) is 11.4 Å². The van der Waals surface area contributed by atoms with E-state index in [0.29, 0.717) is 5.56 Å². The summed E-state index contributed by atoms with van der Waals surface area (Å²) in [5, 5.41) is 0. The monoisotopic (exact) mass is 384 g/mol. The lowest BCUT2D eigenvalue weighted by Gasteiger charge is -2.31. The van der Waals surface area contributed by atoms with Gasteiger partial charge in [0, 0.05) is 0 Å². The maximum atomic E-state index is 13.3. The van der Waals surface area contributed by atoms with Gasteiger partial charge in [-0.3, -0.25) is 4.79 Å². The number of carbonyl (C=O) groups excluding carboxylic acids is 1. The highest BCUT2D eigenvalue weighted by atomic mass is 32.2. The molecule has 0 saturated carbocycles. The van der Waals surface area contributed by atoms with Crippen molar-refractivity contribution in [2.24, 2.45) is 0 Å². The molecule has 3 rings (SSSR count). The van der Waals surface area contributed by atoms with Crippen LogP contribution in [0.1, 0.15) is 17.0 Å². The Hall–Kier alpha value is -2.57. The van der Waals surface area contributed by atoms with Gasteiger partial charge in [0.2, 0.25) is 10.0 Å². The number of aryl methyl sites for hydroxylation is 1. The molecule has 0 spiro atoms. The first-order valence-corrected chi connectivity index (χ1v) is 10.1. The van der Waals surface area contributed by atoms with Gasteiger partial charge in [-0.1, -0.05) is 48.0 Å². The first-order valence-electron chi connectivity index (χ1n) is 8.66. The zero-order valence-corrected chi connectivity index (χ0v) is 16.1. The second kappa shape index (κ2) is 7.98. The summed E-state index contributed by atoms with van der Waals surface area (Å²) in [6.45, 7) is 2.09. The van der Waals surface area contributed by atoms with Gasteiger partial charge in [-0.15, -0.1) is 4.31 Å². The SMILES string of the molecule is COC(=O)C(c1ccccc1)[C@H]1[CH+]C=CCN1S(=O)(=O)c1ccc(C)cc1. The number of esters is 1. The largest absolute Gasteiger partial charge is 0.468 e. The fourth-order valence-corrected chi connectivity index (χ4v) is 4.76. The molecule has 0 fully saturated rings. The van der Waals surface area contributed by atoms with Crippen molar-refractivity contribution in [3.63, 3.8) is 0 Å². The second-order valence-corrected chi connectivity index (χ2v) is 8.30. The van der Waals surface area contributed by atoms with Crippen LogP contribution in [0.15, 0.2) is 71.6 Å². The average Bonchev–Trinajstić information content (AvgIpc) is 2.69. The number of methoxy groups -OCH3 is 1. The Morgan fingerprint density at radius 2 is 1.81 bits per heavy atom. The van der Waals surface area contributed by atoms with Crippen molar-refractivity contribution in [3.05, 3.63) is 84.3 Å². The molecule has 0 bridgehead atoms. The Bertz CT molecular complexity index is 920. The third-order valence-electron chi connectivity index (χ3n) is 4.65. The molecule has 0 aromatic heterocycles. The Morgan fingerprint density at radius 1 is 1.15 bits per heavy atom. The van der Waals surface area contributed by atoms with Gasteiger partial charge >= 0.3 is 5.97 Å². The molecule has 2 atom stereocenters. The minimum atomic E-state index is -3.78. The number of ether oxygens (including phenoxy) is 1. The van der Waals surface area contributed by atoms with Crippen LogP contribution in [0.25, 0.3) is 0 Å². The number of carbonyl (C=O) groups is 1. The predicted octanol–water partition coefficient (Wildman–Crippen LogP) is 3.09. The molecule has 2 aromatic rings. The van der Waals surface area contributed by atoms with E-state index in [4.69, 9.17) is 4.74 Å². The number of rotatable bonds is 5. The van der Waals surface area contributed by atoms with Gasteiger partial charge in [0.05, 0.1) is 30.6 Å². The molecule has 0 aliphatic carbocycles. The van der Waals surface area contributed by atoms with E-state index < -0.39 is 28.0 Å². The van der Waals surface area contributed by atoms with Gasteiger partial charge in [-0.2, -0.15) is 0 Å². The number of nitrogens with zero attached hydrogens (tertiary/aromatic N) is 1. The third kappa shape index (κ3) is 3.91. The molecule has 6 heteroatoms. The van der Waals surface area contributed by atoms with Gasteiger partial charge in [0.1, 0.15) is 18.5 Å². The van der Waals surface area contributed by atoms with Gasteiger partial charge in [0.15, 0.2) is 0 Å². The predicted molar refractivity (Wildman–Crippen MR) is 103 cm³/mol. The smallest absolute Gasteiger partial charge is 0.317 e. The maximum absolute atomic E-state index is 13.3. The van der Waals surface area contributed by atoms with Crippen molar-refractivity contribution in [1.82, 2.24) is 4.31 Å². The first kappa shape index (κ1) is 19.2. The summed E-state index contributed by atoms with van der Waals surface area (Å²) in [4.78, 5) is 12.8. The maximum Gasteiger partial charge on any atom is 0.317 e. The average molecular weight is 384 g/mol. The molecule has 5 nitrogen and oxygen atoms in total. The molecule has 140 valence electrons. The van der Waals surface area contributed by atoms with Gasteiger partial charge in [-0.25, -0.2) is 8.42 Å². The molecule has 0 saturated heterocycles. The van der Waals surface area contributed by atoms with E-state index >= 15 is 0 Å². The van der Waals surface area contributed by atoms with E-state index in [2.05, 4.69) is 0 Å². The highest BCUT2D eigenvalue weighted by molar-refractivity contribution is 7.89. The normalized spacial score (nSPS) is 18.5. The highest BCUT2D eigenvalue weighted by Gasteiger charge is 2.44. The Kier molecular flexibility index (Phi) is 5.68. The molecule has 1 aliphatic rings. The minimum absolute atomic E-state index is 0.192. The number of benzene rings is 2. The molecule has 2 aromatic carbocycles. The Labute approximate surface area is 160 Å². The van der Waals surface area contributed by atoms with Crippen LogP contribution in [0.2, 0.25) is 0 Å². The van der Waals surface area contributed by atoms with Crippen LogP contribution in [0.4, 0.5) is 0 Å². The number of hydrogen-bond acceptors (Lipinski definition) is 4. The zero-order chi connectivity index (χ0) is 19.4. The number of sulfonamides is 1. The molecule has 1 heterocycles. The Morgan fingerprint density at radius 3 is 2.44 bits per heavy atom. The van der Waals surface area contributed by atoms with Crippen molar-refractivity contribution in [1.29, 1.82) is 0 Å². The number of hydrogen-bond donors (Lipinski definition) is 0. The lowest BCUT2D eigenvalue weighted by Crippen LogP contribution is -2.47. The van der Waals surface area contributed by atoms with Gasteiger partial charge < -0.3 is 4.74 Å². The molecule has 0 radical (unpaired) electrons. The fourth-order valence-electron chi connectivity index (χ4n) is 3.22. The van der Waals surface area contributed by atoms with Crippen molar-refractivity contribution in [2.75, 3.05) is 13.7 Å². The van der Waals surface area contributed by atoms with Crippen LogP contribution in [0, 0.1) is 13.3 Å². The standard InChI is InChI=1S/C21H22NO4S/c1-16-11-13-18(14-12-16)27(24,25)22-15-7-6-10-19(22)20(21(23)26-2)17-8-4-3-5-9-17/h3-14,19-20H,15H2,1-2H3/q+1/t19-,20?/m1/s1. The van der Waals surface area contributed by atoms with Crippen LogP contribution in [-0.2, 0) is 19.6 Å². The highest BCUT2D eigenvalue weighted by Crippen LogP contribution is 2.33. The van der Waals surface area contributed by atoms with Crippen LogP contribution in [0.3, 0.4) is 0 Å². The van der Waals surface area contributed by atoms with Crippen LogP contribution in [-0.4, -0.2) is 38.4 Å². The van der Waals surface area contributed by atoms with Crippen LogP contribution < -0.4 is 0 Å². The second-order valence-electron chi connectivity index (χ2n) is 6.41. The summed E-state index contributed by atoms with van der Waals surface area (Å²) in [7, 11) is -2.46. The molecule has 1 aliphatic heterocycles. The molecule has 0 N–H and O–H groups in total. The van der Waals surface area contributed by atoms with Crippen molar-refractivity contribution >= 4 is 16.0 Å². The summed E-state index contributed by atoms with van der Waals surface area (Å²) < 4.78 is 32.9. The summed E-state index contributed by atoms with van der Waals surface area (Å²) >= 11 is 0. The molecular formula is C21H22NO4S+. The zero-order valence-electron chi connectivity index (χ0n) is 15.3. The summed E-state index contributed by atoms with van der Waals surface area (Å²) in [6, 6.07) is 15.2. The first-order chi connectivity index (χ1) is 12.9. The van der Waals surface area contributed by atoms with E-state index in [1.54, 1.807) is 42.8 Å². The topological polar surface area (TPSA) is 63.7 Å². The van der Waals surface area contributed by atoms with E-state index in [9.17, 15) is 13.2 Å². The van der Waals surface area contributed by atoms with Crippen LogP contribution >= 0.6 is 0 Å². The van der Waals surface area contributed by atoms with E-state index in [1.807, 2.05) is 37.3 Å². The third-order valence-corrected chi connectivity index (χ3v) is 6.52. The van der Waals surface area contributed by atoms with E-state index in [-0.39, 0.29) is 11.4 Å². The molecule has 0 amide bonds. The van der Waals surface area contributed by atoms with Crippen molar-refractivity contribution in [3.8, 4) is 0 Å². The van der Waals surface area contributed by atoms with Crippen molar-refractivity contribution < 1.29 is 17.9 Å². The summed E-state index contributed by atoms with van der Waals surface area (Å²) in [6.07, 6.45) is 5.30. The van der Waals surface area contributed by atoms with E-state index in [0.717, 1.165) is 5.56 Å². The lowest BCUT2D eigenvalue weighted by atomic mass is 9.88. The fraction of sp³-hybridized carbons (Fsp3) is 0.238. The summed E-state index contributed by atoms with van der Waals surface area (Å²) in [5.74, 6) is -1.22. The van der Waals surface area contributed by atoms with Gasteiger partial charge in [-0.05, 0) is 24.6 Å².